The number of nitrogens with one attached hydrogen (secondary N) is 2. The molecule has 3 aromatic rings. The van der Waals surface area contributed by atoms with Gasteiger partial charge in [0.2, 0.25) is 0 Å². The van der Waals surface area contributed by atoms with Gasteiger partial charge in [0.25, 0.3) is 5.91 Å². The molecular formula is C22H18F2N2O4. The maximum absolute atomic E-state index is 12.4. The molecular weight excluding hydrogens is 394 g/mol. The van der Waals surface area contributed by atoms with Crippen LogP contribution in [0.3, 0.4) is 0 Å². The Bertz CT molecular complexity index is 996. The quantitative estimate of drug-likeness (QED) is 0.519. The monoisotopic (exact) mass is 412 g/mol. The zero-order valence-corrected chi connectivity index (χ0v) is 15.7. The highest BCUT2D eigenvalue weighted by molar-refractivity contribution is 5.99. The van der Waals surface area contributed by atoms with Gasteiger partial charge in [-0.15, -0.1) is 0 Å². The zero-order chi connectivity index (χ0) is 21.3. The molecule has 3 aromatic carbocycles. The van der Waals surface area contributed by atoms with Gasteiger partial charge in [0.1, 0.15) is 5.75 Å². The number of amides is 1. The lowest BCUT2D eigenvalue weighted by Gasteiger charge is -2.12. The summed E-state index contributed by atoms with van der Waals surface area (Å²) in [5.74, 6) is -1.26. The Hall–Kier alpha value is -3.94. The van der Waals surface area contributed by atoms with E-state index in [1.165, 1.54) is 24.3 Å². The van der Waals surface area contributed by atoms with Crippen LogP contribution in [0.5, 0.6) is 5.75 Å². The Kier molecular flexibility index (Phi) is 6.94. The van der Waals surface area contributed by atoms with Crippen LogP contribution >= 0.6 is 0 Å². The van der Waals surface area contributed by atoms with Crippen molar-refractivity contribution in [1.29, 1.82) is 0 Å². The van der Waals surface area contributed by atoms with E-state index in [-0.39, 0.29) is 11.3 Å². The van der Waals surface area contributed by atoms with Gasteiger partial charge in [-0.1, -0.05) is 30.3 Å². The van der Waals surface area contributed by atoms with E-state index in [1.807, 2.05) is 30.3 Å². The minimum Gasteiger partial charge on any atom is -0.452 e. The van der Waals surface area contributed by atoms with Gasteiger partial charge in [0.05, 0.1) is 11.3 Å². The predicted molar refractivity (Wildman–Crippen MR) is 108 cm³/mol. The number of para-hydroxylation sites is 2. The summed E-state index contributed by atoms with van der Waals surface area (Å²) in [5.41, 5.74) is 1.98. The Balaban J connectivity index is 1.56. The summed E-state index contributed by atoms with van der Waals surface area (Å²) in [4.78, 5) is 24.5. The molecule has 0 unspecified atom stereocenters. The van der Waals surface area contributed by atoms with Crippen molar-refractivity contribution in [3.05, 3.63) is 84.4 Å². The van der Waals surface area contributed by atoms with Gasteiger partial charge in [-0.2, -0.15) is 8.78 Å². The van der Waals surface area contributed by atoms with Crippen LogP contribution < -0.4 is 15.4 Å². The average Bonchev–Trinajstić information content (AvgIpc) is 2.74. The fourth-order valence-corrected chi connectivity index (χ4v) is 2.57. The molecule has 0 heterocycles. The summed E-state index contributed by atoms with van der Waals surface area (Å²) < 4.78 is 33.6. The summed E-state index contributed by atoms with van der Waals surface area (Å²) in [7, 11) is 0. The second-order valence-electron chi connectivity index (χ2n) is 6.06. The number of hydrogen-bond donors (Lipinski definition) is 2. The van der Waals surface area contributed by atoms with Gasteiger partial charge in [-0.3, -0.25) is 4.79 Å². The summed E-state index contributed by atoms with van der Waals surface area (Å²) in [6.45, 7) is -3.43. The Morgan fingerprint density at radius 3 is 2.20 bits per heavy atom. The number of rotatable bonds is 8. The number of halogens is 2. The molecule has 6 nitrogen and oxygen atoms in total. The number of ether oxygens (including phenoxy) is 2. The third-order valence-electron chi connectivity index (χ3n) is 3.90. The minimum absolute atomic E-state index is 0.0306. The van der Waals surface area contributed by atoms with Crippen molar-refractivity contribution in [3.63, 3.8) is 0 Å². The fourth-order valence-electron chi connectivity index (χ4n) is 2.57. The summed E-state index contributed by atoms with van der Waals surface area (Å²) in [6, 6.07) is 21.5. The zero-order valence-electron chi connectivity index (χ0n) is 15.7. The van der Waals surface area contributed by atoms with Gasteiger partial charge in [-0.05, 0) is 48.5 Å². The van der Waals surface area contributed by atoms with Gasteiger partial charge < -0.3 is 20.1 Å². The van der Waals surface area contributed by atoms with E-state index in [2.05, 4.69) is 15.4 Å². The molecule has 0 aromatic heterocycles. The fraction of sp³-hybridized carbons (Fsp3) is 0.0909. The van der Waals surface area contributed by atoms with E-state index in [0.29, 0.717) is 11.4 Å². The number of carbonyl (C=O) groups excluding carboxylic acids is 2. The number of alkyl halides is 2. The summed E-state index contributed by atoms with van der Waals surface area (Å²) in [6.07, 6.45) is 0. The molecule has 0 radical (unpaired) electrons. The third kappa shape index (κ3) is 6.03. The molecule has 2 N–H and O–H groups in total. The minimum atomic E-state index is -2.93. The number of hydrogen-bond acceptors (Lipinski definition) is 5. The van der Waals surface area contributed by atoms with Crippen molar-refractivity contribution in [2.75, 3.05) is 17.2 Å². The molecule has 1 amide bonds. The number of anilines is 3. The SMILES string of the molecule is O=C(COC(=O)c1ccccc1Nc1ccccc1)Nc1ccc(OC(F)F)cc1. The molecule has 0 bridgehead atoms. The molecule has 0 aliphatic heterocycles. The molecule has 154 valence electrons. The molecule has 30 heavy (non-hydrogen) atoms. The average molecular weight is 412 g/mol. The highest BCUT2D eigenvalue weighted by Crippen LogP contribution is 2.21. The van der Waals surface area contributed by atoms with E-state index in [0.717, 1.165) is 5.69 Å². The summed E-state index contributed by atoms with van der Waals surface area (Å²) in [5, 5.41) is 5.64. The maximum atomic E-state index is 12.4. The highest BCUT2D eigenvalue weighted by atomic mass is 19.3. The van der Waals surface area contributed by atoms with Crippen LogP contribution in [-0.4, -0.2) is 25.1 Å². The van der Waals surface area contributed by atoms with Crippen LogP contribution in [0.4, 0.5) is 25.8 Å². The lowest BCUT2D eigenvalue weighted by Crippen LogP contribution is -2.21. The van der Waals surface area contributed by atoms with Crippen LogP contribution in [0.15, 0.2) is 78.9 Å². The van der Waals surface area contributed by atoms with E-state index in [9.17, 15) is 18.4 Å². The molecule has 0 aliphatic rings. The molecule has 0 fully saturated rings. The topological polar surface area (TPSA) is 76.7 Å². The Labute approximate surface area is 171 Å². The Morgan fingerprint density at radius 2 is 1.50 bits per heavy atom. The van der Waals surface area contributed by atoms with Gasteiger partial charge >= 0.3 is 12.6 Å². The third-order valence-corrected chi connectivity index (χ3v) is 3.90. The van der Waals surface area contributed by atoms with Crippen molar-refractivity contribution < 1.29 is 27.8 Å². The van der Waals surface area contributed by atoms with Crippen molar-refractivity contribution in [2.24, 2.45) is 0 Å². The van der Waals surface area contributed by atoms with E-state index >= 15 is 0 Å². The molecule has 0 aliphatic carbocycles. The van der Waals surface area contributed by atoms with E-state index in [4.69, 9.17) is 4.74 Å². The molecule has 8 heteroatoms. The largest absolute Gasteiger partial charge is 0.452 e. The number of esters is 1. The van der Waals surface area contributed by atoms with Crippen molar-refractivity contribution >= 4 is 28.9 Å². The van der Waals surface area contributed by atoms with Crippen molar-refractivity contribution in [2.45, 2.75) is 6.61 Å². The first-order chi connectivity index (χ1) is 14.5. The first-order valence-corrected chi connectivity index (χ1v) is 8.94. The Morgan fingerprint density at radius 1 is 0.833 bits per heavy atom. The normalized spacial score (nSPS) is 10.4. The first-order valence-electron chi connectivity index (χ1n) is 8.94. The maximum Gasteiger partial charge on any atom is 0.387 e. The lowest BCUT2D eigenvalue weighted by molar-refractivity contribution is -0.119. The smallest absolute Gasteiger partial charge is 0.387 e. The van der Waals surface area contributed by atoms with Gasteiger partial charge in [0.15, 0.2) is 6.61 Å². The number of benzene rings is 3. The van der Waals surface area contributed by atoms with Crippen LogP contribution in [0.25, 0.3) is 0 Å². The summed E-state index contributed by atoms with van der Waals surface area (Å²) >= 11 is 0. The molecule has 3 rings (SSSR count). The second-order valence-corrected chi connectivity index (χ2v) is 6.06. The molecule has 0 spiro atoms. The van der Waals surface area contributed by atoms with Crippen LogP contribution in [0, 0.1) is 0 Å². The van der Waals surface area contributed by atoms with E-state index in [1.54, 1.807) is 24.3 Å². The molecule has 0 atom stereocenters. The predicted octanol–water partition coefficient (Wildman–Crippen LogP) is 4.83. The lowest BCUT2D eigenvalue weighted by atomic mass is 10.1. The van der Waals surface area contributed by atoms with Gasteiger partial charge in [-0.25, -0.2) is 4.79 Å². The van der Waals surface area contributed by atoms with Crippen LogP contribution in [0.1, 0.15) is 10.4 Å². The standard InChI is InChI=1S/C22H18F2N2O4/c23-22(24)30-17-12-10-16(11-13-17)26-20(27)14-29-21(28)18-8-4-5-9-19(18)25-15-6-2-1-3-7-15/h1-13,22,25H,14H2,(H,26,27). The molecule has 0 saturated carbocycles. The van der Waals surface area contributed by atoms with Crippen molar-refractivity contribution in [3.8, 4) is 5.75 Å². The first kappa shape index (κ1) is 20.8. The molecule has 0 saturated heterocycles. The second kappa shape index (κ2) is 10.0. The number of carbonyl (C=O) groups is 2. The van der Waals surface area contributed by atoms with Crippen LogP contribution in [-0.2, 0) is 9.53 Å². The van der Waals surface area contributed by atoms with E-state index < -0.39 is 25.1 Å². The van der Waals surface area contributed by atoms with Gasteiger partial charge in [0, 0.05) is 11.4 Å². The van der Waals surface area contributed by atoms with Crippen LogP contribution in [0.2, 0.25) is 0 Å². The van der Waals surface area contributed by atoms with Crippen molar-refractivity contribution in [1.82, 2.24) is 0 Å². The highest BCUT2D eigenvalue weighted by Gasteiger charge is 2.15.